The lowest BCUT2D eigenvalue weighted by molar-refractivity contribution is 0.0365. The van der Waals surface area contributed by atoms with Gasteiger partial charge >= 0.3 is 0 Å². The summed E-state index contributed by atoms with van der Waals surface area (Å²) in [6.07, 6.45) is 6.86. The van der Waals surface area contributed by atoms with Crippen LogP contribution in [-0.4, -0.2) is 23.0 Å². The molecule has 78 valence electrons. The number of likely N-dealkylation sites (tertiary alicyclic amines) is 1. The minimum atomic E-state index is 0.451. The van der Waals surface area contributed by atoms with E-state index < -0.39 is 0 Å². The molecule has 0 spiro atoms. The molecule has 0 amide bonds. The largest absolute Gasteiger partial charge is 0.296 e. The first-order chi connectivity index (χ1) is 6.08. The third-order valence-corrected chi connectivity index (χ3v) is 3.45. The number of rotatable bonds is 3. The first kappa shape index (κ1) is 11.0. The predicted octanol–water partition coefficient (Wildman–Crippen LogP) is 3.44. The zero-order valence-electron chi connectivity index (χ0n) is 9.77. The molecule has 0 aromatic rings. The highest BCUT2D eigenvalue weighted by Crippen LogP contribution is 2.30. The van der Waals surface area contributed by atoms with Crippen LogP contribution < -0.4 is 0 Å². The van der Waals surface area contributed by atoms with Gasteiger partial charge in [0.2, 0.25) is 0 Å². The van der Waals surface area contributed by atoms with Crippen molar-refractivity contribution in [2.75, 3.05) is 6.54 Å². The van der Waals surface area contributed by atoms with Gasteiger partial charge in [0.15, 0.2) is 0 Å². The molecule has 13 heavy (non-hydrogen) atoms. The monoisotopic (exact) mass is 183 g/mol. The van der Waals surface area contributed by atoms with Crippen LogP contribution in [0.3, 0.4) is 0 Å². The molecule has 1 unspecified atom stereocenters. The molecule has 0 bridgehead atoms. The zero-order chi connectivity index (χ0) is 9.90. The summed E-state index contributed by atoms with van der Waals surface area (Å²) in [6.45, 7) is 10.8. The van der Waals surface area contributed by atoms with Crippen LogP contribution in [0.2, 0.25) is 0 Å². The van der Waals surface area contributed by atoms with Crippen LogP contribution in [0.1, 0.15) is 59.8 Å². The number of hydrogen-bond donors (Lipinski definition) is 0. The molecule has 1 rings (SSSR count). The third-order valence-electron chi connectivity index (χ3n) is 3.45. The second kappa shape index (κ2) is 4.45. The Morgan fingerprint density at radius 3 is 2.54 bits per heavy atom. The standard InChI is InChI=1S/C12H25N/c1-5-8-11(2)13-10-7-6-9-12(13,3)4/h11H,5-10H2,1-4H3. The SMILES string of the molecule is CCCC(C)N1CCCCC1(C)C. The highest BCUT2D eigenvalue weighted by Gasteiger charge is 2.32. The average Bonchev–Trinajstić information content (AvgIpc) is 2.03. The molecule has 1 heterocycles. The summed E-state index contributed by atoms with van der Waals surface area (Å²) in [6, 6.07) is 0.778. The summed E-state index contributed by atoms with van der Waals surface area (Å²) in [5.74, 6) is 0. The molecule has 1 atom stereocenters. The molecule has 1 aliphatic rings. The molecule has 0 aromatic carbocycles. The summed E-state index contributed by atoms with van der Waals surface area (Å²) in [5.41, 5.74) is 0.451. The maximum Gasteiger partial charge on any atom is 0.0156 e. The Labute approximate surface area is 83.5 Å². The average molecular weight is 183 g/mol. The van der Waals surface area contributed by atoms with Crippen molar-refractivity contribution < 1.29 is 0 Å². The van der Waals surface area contributed by atoms with Crippen LogP contribution in [-0.2, 0) is 0 Å². The van der Waals surface area contributed by atoms with Gasteiger partial charge in [-0.05, 0) is 46.6 Å². The van der Waals surface area contributed by atoms with Crippen molar-refractivity contribution in [3.63, 3.8) is 0 Å². The van der Waals surface area contributed by atoms with Crippen LogP contribution in [0, 0.1) is 0 Å². The molecular formula is C12H25N. The van der Waals surface area contributed by atoms with E-state index in [-0.39, 0.29) is 0 Å². The molecule has 0 aromatic heterocycles. The van der Waals surface area contributed by atoms with E-state index in [0.29, 0.717) is 5.54 Å². The van der Waals surface area contributed by atoms with Crippen molar-refractivity contribution >= 4 is 0 Å². The highest BCUT2D eigenvalue weighted by molar-refractivity contribution is 4.88. The Bertz CT molecular complexity index is 151. The van der Waals surface area contributed by atoms with Crippen molar-refractivity contribution in [1.29, 1.82) is 0 Å². The lowest BCUT2D eigenvalue weighted by atomic mass is 9.88. The number of hydrogen-bond acceptors (Lipinski definition) is 1. The van der Waals surface area contributed by atoms with E-state index in [0.717, 1.165) is 6.04 Å². The smallest absolute Gasteiger partial charge is 0.0156 e. The van der Waals surface area contributed by atoms with E-state index in [1.165, 1.54) is 38.6 Å². The van der Waals surface area contributed by atoms with Gasteiger partial charge in [0.1, 0.15) is 0 Å². The van der Waals surface area contributed by atoms with E-state index in [2.05, 4.69) is 32.6 Å². The van der Waals surface area contributed by atoms with Gasteiger partial charge in [-0.2, -0.15) is 0 Å². The second-order valence-corrected chi connectivity index (χ2v) is 5.10. The van der Waals surface area contributed by atoms with Crippen molar-refractivity contribution in [2.45, 2.75) is 71.4 Å². The van der Waals surface area contributed by atoms with Crippen LogP contribution in [0.15, 0.2) is 0 Å². The maximum atomic E-state index is 2.71. The van der Waals surface area contributed by atoms with Gasteiger partial charge < -0.3 is 0 Å². The van der Waals surface area contributed by atoms with Gasteiger partial charge in [0.25, 0.3) is 0 Å². The molecule has 0 radical (unpaired) electrons. The third kappa shape index (κ3) is 2.70. The first-order valence-electron chi connectivity index (χ1n) is 5.84. The van der Waals surface area contributed by atoms with Gasteiger partial charge in [0.05, 0.1) is 0 Å². The van der Waals surface area contributed by atoms with Crippen LogP contribution in [0.4, 0.5) is 0 Å². The minimum absolute atomic E-state index is 0.451. The van der Waals surface area contributed by atoms with E-state index in [4.69, 9.17) is 0 Å². The molecule has 0 N–H and O–H groups in total. The number of piperidine rings is 1. The molecule has 1 saturated heterocycles. The topological polar surface area (TPSA) is 3.24 Å². The Balaban J connectivity index is 2.54. The lowest BCUT2D eigenvalue weighted by Gasteiger charge is -2.46. The predicted molar refractivity (Wildman–Crippen MR) is 59.0 cm³/mol. The fourth-order valence-corrected chi connectivity index (χ4v) is 2.68. The van der Waals surface area contributed by atoms with Crippen LogP contribution in [0.25, 0.3) is 0 Å². The van der Waals surface area contributed by atoms with Crippen LogP contribution in [0.5, 0.6) is 0 Å². The number of nitrogens with zero attached hydrogens (tertiary/aromatic N) is 1. The fourth-order valence-electron chi connectivity index (χ4n) is 2.68. The Kier molecular flexibility index (Phi) is 3.78. The first-order valence-corrected chi connectivity index (χ1v) is 5.84. The van der Waals surface area contributed by atoms with Crippen molar-refractivity contribution in [3.8, 4) is 0 Å². The van der Waals surface area contributed by atoms with E-state index >= 15 is 0 Å². The zero-order valence-corrected chi connectivity index (χ0v) is 9.77. The minimum Gasteiger partial charge on any atom is -0.296 e. The quantitative estimate of drug-likeness (QED) is 0.648. The normalized spacial score (nSPS) is 25.8. The molecule has 1 fully saturated rings. The highest BCUT2D eigenvalue weighted by atomic mass is 15.2. The summed E-state index contributed by atoms with van der Waals surface area (Å²) in [5, 5.41) is 0. The van der Waals surface area contributed by atoms with Gasteiger partial charge in [-0.15, -0.1) is 0 Å². The van der Waals surface area contributed by atoms with Gasteiger partial charge in [-0.25, -0.2) is 0 Å². The van der Waals surface area contributed by atoms with E-state index in [1.807, 2.05) is 0 Å². The Hall–Kier alpha value is -0.0400. The Morgan fingerprint density at radius 1 is 1.31 bits per heavy atom. The van der Waals surface area contributed by atoms with E-state index in [9.17, 15) is 0 Å². The fraction of sp³-hybridized carbons (Fsp3) is 1.00. The summed E-state index contributed by atoms with van der Waals surface area (Å²) in [4.78, 5) is 2.71. The van der Waals surface area contributed by atoms with Crippen LogP contribution >= 0.6 is 0 Å². The molecule has 1 heteroatoms. The summed E-state index contributed by atoms with van der Waals surface area (Å²) in [7, 11) is 0. The Morgan fingerprint density at radius 2 is 2.00 bits per heavy atom. The van der Waals surface area contributed by atoms with Crippen molar-refractivity contribution in [1.82, 2.24) is 4.90 Å². The lowest BCUT2D eigenvalue weighted by Crippen LogP contribution is -2.51. The molecular weight excluding hydrogens is 158 g/mol. The van der Waals surface area contributed by atoms with Gasteiger partial charge in [-0.3, -0.25) is 4.90 Å². The summed E-state index contributed by atoms with van der Waals surface area (Å²) >= 11 is 0. The maximum absolute atomic E-state index is 2.71. The molecule has 0 aliphatic carbocycles. The second-order valence-electron chi connectivity index (χ2n) is 5.10. The van der Waals surface area contributed by atoms with Crippen molar-refractivity contribution in [2.24, 2.45) is 0 Å². The molecule has 0 saturated carbocycles. The van der Waals surface area contributed by atoms with Gasteiger partial charge in [-0.1, -0.05) is 19.8 Å². The molecule has 1 aliphatic heterocycles. The van der Waals surface area contributed by atoms with Gasteiger partial charge in [0, 0.05) is 11.6 Å². The summed E-state index contributed by atoms with van der Waals surface area (Å²) < 4.78 is 0. The van der Waals surface area contributed by atoms with Crippen molar-refractivity contribution in [3.05, 3.63) is 0 Å². The molecule has 1 nitrogen and oxygen atoms in total. The van der Waals surface area contributed by atoms with E-state index in [1.54, 1.807) is 0 Å².